The van der Waals surface area contributed by atoms with Crippen LogP contribution in [0, 0.1) is 5.92 Å². The maximum absolute atomic E-state index is 12.1. The van der Waals surface area contributed by atoms with Crippen LogP contribution in [0.4, 0.5) is 4.79 Å². The molecular weight excluding hydrogens is 274 g/mol. The van der Waals surface area contributed by atoms with E-state index in [0.29, 0.717) is 38.6 Å². The molecule has 1 unspecified atom stereocenters. The van der Waals surface area contributed by atoms with Gasteiger partial charge in [-0.05, 0) is 12.3 Å². The Bertz CT molecular complexity index is 348. The highest BCUT2D eigenvalue weighted by molar-refractivity contribution is 5.78. The third-order valence-corrected chi connectivity index (χ3v) is 4.25. The Kier molecular flexibility index (Phi) is 6.29. The van der Waals surface area contributed by atoms with Crippen molar-refractivity contribution in [2.75, 3.05) is 33.4 Å². The van der Waals surface area contributed by atoms with Crippen molar-refractivity contribution in [2.45, 2.75) is 44.6 Å². The number of methoxy groups -OCH3 is 1. The third-order valence-electron chi connectivity index (χ3n) is 4.25. The summed E-state index contributed by atoms with van der Waals surface area (Å²) in [7, 11) is 1.33. The van der Waals surface area contributed by atoms with Gasteiger partial charge >= 0.3 is 12.1 Å². The number of hydrogen-bond acceptors (Lipinski definition) is 5. The molecule has 1 aliphatic heterocycles. The molecule has 1 saturated heterocycles. The lowest BCUT2D eigenvalue weighted by atomic mass is 9.85. The smallest absolute Gasteiger partial charge is 0.410 e. The van der Waals surface area contributed by atoms with Gasteiger partial charge in [-0.1, -0.05) is 32.1 Å². The minimum atomic E-state index is -0.784. The number of esters is 1. The summed E-state index contributed by atoms with van der Waals surface area (Å²) in [6, 6.07) is 0. The van der Waals surface area contributed by atoms with Gasteiger partial charge < -0.3 is 19.1 Å². The van der Waals surface area contributed by atoms with Crippen molar-refractivity contribution in [1.82, 2.24) is 4.90 Å². The molecule has 0 radical (unpaired) electrons. The van der Waals surface area contributed by atoms with E-state index in [1.54, 1.807) is 4.90 Å². The average molecular weight is 299 g/mol. The molecule has 1 saturated carbocycles. The van der Waals surface area contributed by atoms with E-state index >= 15 is 0 Å². The summed E-state index contributed by atoms with van der Waals surface area (Å²) in [5.74, 6) is -0.0116. The Morgan fingerprint density at radius 2 is 1.86 bits per heavy atom. The largest absolute Gasteiger partial charge is 0.466 e. The highest BCUT2D eigenvalue weighted by atomic mass is 16.6. The Morgan fingerprint density at radius 3 is 2.48 bits per heavy atom. The Morgan fingerprint density at radius 1 is 1.19 bits per heavy atom. The molecule has 0 spiro atoms. The fourth-order valence-corrected chi connectivity index (χ4v) is 2.99. The molecule has 1 atom stereocenters. The van der Waals surface area contributed by atoms with Crippen LogP contribution in [0.2, 0.25) is 0 Å². The van der Waals surface area contributed by atoms with Crippen molar-refractivity contribution in [1.29, 1.82) is 0 Å². The zero-order valence-electron chi connectivity index (χ0n) is 12.7. The van der Waals surface area contributed by atoms with Gasteiger partial charge in [0.1, 0.15) is 0 Å². The molecule has 120 valence electrons. The number of hydrogen-bond donors (Lipinski definition) is 0. The minimum absolute atomic E-state index is 0.440. The van der Waals surface area contributed by atoms with E-state index in [2.05, 4.69) is 0 Å². The van der Waals surface area contributed by atoms with Gasteiger partial charge in [0.05, 0.1) is 20.3 Å². The SMILES string of the molecule is COC(=O)C(CC1CCCCC1)OC(=O)N1CCOCC1. The number of ether oxygens (including phenoxy) is 3. The lowest BCUT2D eigenvalue weighted by Crippen LogP contribution is -2.44. The molecule has 1 aliphatic carbocycles. The molecule has 21 heavy (non-hydrogen) atoms. The van der Waals surface area contributed by atoms with E-state index in [-0.39, 0.29) is 0 Å². The third kappa shape index (κ3) is 4.88. The summed E-state index contributed by atoms with van der Waals surface area (Å²) >= 11 is 0. The van der Waals surface area contributed by atoms with Gasteiger partial charge in [-0.15, -0.1) is 0 Å². The first-order valence-electron chi connectivity index (χ1n) is 7.82. The molecule has 6 nitrogen and oxygen atoms in total. The van der Waals surface area contributed by atoms with E-state index in [9.17, 15) is 9.59 Å². The van der Waals surface area contributed by atoms with Crippen molar-refractivity contribution >= 4 is 12.1 Å². The first-order chi connectivity index (χ1) is 10.2. The first kappa shape index (κ1) is 16.1. The van der Waals surface area contributed by atoms with Crippen LogP contribution in [-0.4, -0.2) is 56.5 Å². The van der Waals surface area contributed by atoms with Crippen LogP contribution in [0.25, 0.3) is 0 Å². The molecule has 0 aromatic rings. The van der Waals surface area contributed by atoms with Gasteiger partial charge in [0.25, 0.3) is 0 Å². The number of morpholine rings is 1. The topological polar surface area (TPSA) is 65.1 Å². The van der Waals surface area contributed by atoms with Gasteiger partial charge in [0, 0.05) is 13.1 Å². The minimum Gasteiger partial charge on any atom is -0.466 e. The van der Waals surface area contributed by atoms with Crippen LogP contribution in [0.5, 0.6) is 0 Å². The molecule has 0 aromatic heterocycles. The van der Waals surface area contributed by atoms with Gasteiger partial charge in [0.2, 0.25) is 6.10 Å². The summed E-state index contributed by atoms with van der Waals surface area (Å²) in [6.45, 7) is 2.05. The maximum Gasteiger partial charge on any atom is 0.410 e. The lowest BCUT2D eigenvalue weighted by molar-refractivity contribution is -0.152. The highest BCUT2D eigenvalue weighted by Gasteiger charge is 2.30. The summed E-state index contributed by atoms with van der Waals surface area (Å²) < 4.78 is 15.4. The summed E-state index contributed by atoms with van der Waals surface area (Å²) in [6.07, 6.45) is 5.19. The van der Waals surface area contributed by atoms with E-state index < -0.39 is 18.2 Å². The van der Waals surface area contributed by atoms with Crippen LogP contribution < -0.4 is 0 Å². The number of carbonyl (C=O) groups excluding carboxylic acids is 2. The van der Waals surface area contributed by atoms with Crippen molar-refractivity contribution in [3.05, 3.63) is 0 Å². The van der Waals surface area contributed by atoms with E-state index in [1.165, 1.54) is 26.4 Å². The van der Waals surface area contributed by atoms with E-state index in [1.807, 2.05) is 0 Å². The molecule has 0 bridgehead atoms. The Hall–Kier alpha value is -1.30. The zero-order valence-corrected chi connectivity index (χ0v) is 12.7. The maximum atomic E-state index is 12.1. The predicted molar refractivity (Wildman–Crippen MR) is 75.9 cm³/mol. The second kappa shape index (κ2) is 8.22. The number of amides is 1. The van der Waals surface area contributed by atoms with Crippen LogP contribution >= 0.6 is 0 Å². The number of rotatable bonds is 4. The molecular formula is C15H25NO5. The summed E-state index contributed by atoms with van der Waals surface area (Å²) in [4.78, 5) is 25.6. The molecule has 2 aliphatic rings. The fraction of sp³-hybridized carbons (Fsp3) is 0.867. The van der Waals surface area contributed by atoms with Crippen LogP contribution in [-0.2, 0) is 19.0 Å². The van der Waals surface area contributed by atoms with Gasteiger partial charge in [0.15, 0.2) is 0 Å². The predicted octanol–water partition coefficient (Wildman–Crippen LogP) is 1.97. The summed E-state index contributed by atoms with van der Waals surface area (Å²) in [5.41, 5.74) is 0. The van der Waals surface area contributed by atoms with Gasteiger partial charge in [-0.2, -0.15) is 0 Å². The Balaban J connectivity index is 1.88. The van der Waals surface area contributed by atoms with Crippen molar-refractivity contribution in [3.63, 3.8) is 0 Å². The van der Waals surface area contributed by atoms with Crippen molar-refractivity contribution in [2.24, 2.45) is 5.92 Å². The molecule has 1 heterocycles. The number of carbonyl (C=O) groups is 2. The Labute approximate surface area is 125 Å². The highest BCUT2D eigenvalue weighted by Crippen LogP contribution is 2.28. The average Bonchev–Trinajstić information content (AvgIpc) is 2.55. The fourth-order valence-electron chi connectivity index (χ4n) is 2.99. The summed E-state index contributed by atoms with van der Waals surface area (Å²) in [5, 5.41) is 0. The van der Waals surface area contributed by atoms with Crippen LogP contribution in [0.3, 0.4) is 0 Å². The molecule has 2 fully saturated rings. The van der Waals surface area contributed by atoms with E-state index in [0.717, 1.165) is 12.8 Å². The van der Waals surface area contributed by atoms with Crippen LogP contribution in [0.15, 0.2) is 0 Å². The quantitative estimate of drug-likeness (QED) is 0.743. The van der Waals surface area contributed by atoms with Gasteiger partial charge in [-0.25, -0.2) is 9.59 Å². The van der Waals surface area contributed by atoms with Crippen molar-refractivity contribution < 1.29 is 23.8 Å². The molecule has 2 rings (SSSR count). The van der Waals surface area contributed by atoms with Crippen LogP contribution in [0.1, 0.15) is 38.5 Å². The molecule has 6 heteroatoms. The molecule has 1 amide bonds. The monoisotopic (exact) mass is 299 g/mol. The molecule has 0 aromatic carbocycles. The number of nitrogens with zero attached hydrogens (tertiary/aromatic N) is 1. The zero-order chi connectivity index (χ0) is 15.1. The second-order valence-corrected chi connectivity index (χ2v) is 5.73. The molecule has 0 N–H and O–H groups in total. The lowest BCUT2D eigenvalue weighted by Gasteiger charge is -2.29. The van der Waals surface area contributed by atoms with E-state index in [4.69, 9.17) is 14.2 Å². The second-order valence-electron chi connectivity index (χ2n) is 5.73. The standard InChI is InChI=1S/C15H25NO5/c1-19-14(17)13(11-12-5-3-2-4-6-12)21-15(18)16-7-9-20-10-8-16/h12-13H,2-11H2,1H3. The van der Waals surface area contributed by atoms with Crippen molar-refractivity contribution in [3.8, 4) is 0 Å². The first-order valence-corrected chi connectivity index (χ1v) is 7.82. The van der Waals surface area contributed by atoms with Gasteiger partial charge in [-0.3, -0.25) is 0 Å². The normalized spacial score (nSPS) is 21.7.